The quantitative estimate of drug-likeness (QED) is 0.845. The zero-order valence-electron chi connectivity index (χ0n) is 9.15. The van der Waals surface area contributed by atoms with Crippen molar-refractivity contribution < 1.29 is 0 Å². The Kier molecular flexibility index (Phi) is 2.54. The topological polar surface area (TPSA) is 12.0 Å². The molecule has 0 spiro atoms. The lowest BCUT2D eigenvalue weighted by Crippen LogP contribution is -2.28. The van der Waals surface area contributed by atoms with Crippen LogP contribution in [0.1, 0.15) is 24.0 Å². The fourth-order valence-corrected chi connectivity index (χ4v) is 2.78. The van der Waals surface area contributed by atoms with Crippen LogP contribution >= 0.6 is 11.3 Å². The molecule has 1 heterocycles. The molecule has 1 fully saturated rings. The first-order chi connectivity index (χ1) is 7.89. The molecule has 0 saturated heterocycles. The Labute approximate surface area is 100 Å². The Morgan fingerprint density at radius 1 is 1.12 bits per heavy atom. The Morgan fingerprint density at radius 2 is 1.94 bits per heavy atom. The van der Waals surface area contributed by atoms with Gasteiger partial charge in [-0.2, -0.15) is 11.3 Å². The van der Waals surface area contributed by atoms with E-state index in [2.05, 4.69) is 52.5 Å². The highest BCUT2D eigenvalue weighted by molar-refractivity contribution is 7.07. The van der Waals surface area contributed by atoms with Gasteiger partial charge in [-0.3, -0.25) is 0 Å². The molecule has 0 aliphatic heterocycles. The molecule has 0 atom stereocenters. The van der Waals surface area contributed by atoms with Gasteiger partial charge in [0.15, 0.2) is 0 Å². The molecule has 1 nitrogen and oxygen atoms in total. The lowest BCUT2D eigenvalue weighted by Gasteiger charge is -2.17. The number of nitrogens with one attached hydrogen (secondary N) is 1. The van der Waals surface area contributed by atoms with Gasteiger partial charge in [-0.05, 0) is 40.8 Å². The highest BCUT2D eigenvalue weighted by atomic mass is 32.1. The second-order valence-corrected chi connectivity index (χ2v) is 5.21. The summed E-state index contributed by atoms with van der Waals surface area (Å²) in [5, 5.41) is 8.05. The molecule has 3 rings (SSSR count). The lowest BCUT2D eigenvalue weighted by atomic mass is 10.0. The van der Waals surface area contributed by atoms with Gasteiger partial charge < -0.3 is 5.32 Å². The number of thiophene rings is 1. The smallest absolute Gasteiger partial charge is 0.0438 e. The van der Waals surface area contributed by atoms with Gasteiger partial charge in [0, 0.05) is 12.1 Å². The number of hydrogen-bond acceptors (Lipinski definition) is 2. The van der Waals surface area contributed by atoms with Crippen LogP contribution in [0.4, 0.5) is 0 Å². The van der Waals surface area contributed by atoms with Crippen LogP contribution < -0.4 is 5.32 Å². The summed E-state index contributed by atoms with van der Waals surface area (Å²) in [6.07, 6.45) is 2.53. The molecule has 1 aromatic heterocycles. The van der Waals surface area contributed by atoms with Gasteiger partial charge in [-0.15, -0.1) is 0 Å². The van der Waals surface area contributed by atoms with Gasteiger partial charge in [0.1, 0.15) is 0 Å². The monoisotopic (exact) mass is 229 g/mol. The summed E-state index contributed by atoms with van der Waals surface area (Å²) in [5.41, 5.74) is 3.10. The van der Waals surface area contributed by atoms with E-state index in [-0.39, 0.29) is 5.54 Å². The predicted octanol–water partition coefficient (Wildman–Crippen LogP) is 3.53. The SMILES string of the molecule is c1ccc(C2(NCc3ccsc3)CC2)cc1. The van der Waals surface area contributed by atoms with Crippen LogP contribution in [0.25, 0.3) is 0 Å². The maximum absolute atomic E-state index is 3.70. The Morgan fingerprint density at radius 3 is 2.56 bits per heavy atom. The highest BCUT2D eigenvalue weighted by Crippen LogP contribution is 2.45. The van der Waals surface area contributed by atoms with Crippen LogP contribution in [0, 0.1) is 0 Å². The molecule has 0 bridgehead atoms. The molecule has 2 heteroatoms. The van der Waals surface area contributed by atoms with Crippen LogP contribution in [0.15, 0.2) is 47.2 Å². The summed E-state index contributed by atoms with van der Waals surface area (Å²) in [6, 6.07) is 13.0. The molecule has 1 aromatic carbocycles. The summed E-state index contributed by atoms with van der Waals surface area (Å²) >= 11 is 1.77. The number of benzene rings is 1. The summed E-state index contributed by atoms with van der Waals surface area (Å²) in [5.74, 6) is 0. The van der Waals surface area contributed by atoms with Gasteiger partial charge in [0.25, 0.3) is 0 Å². The third kappa shape index (κ3) is 1.91. The molecule has 0 amide bonds. The molecular formula is C14H15NS. The standard InChI is InChI=1S/C14H15NS/c1-2-4-13(5-3-1)14(7-8-14)15-10-12-6-9-16-11-12/h1-6,9,11,15H,7-8,10H2. The molecule has 1 saturated carbocycles. The molecule has 82 valence electrons. The molecule has 16 heavy (non-hydrogen) atoms. The van der Waals surface area contributed by atoms with Crippen molar-refractivity contribution in [3.8, 4) is 0 Å². The van der Waals surface area contributed by atoms with Crippen molar-refractivity contribution in [3.63, 3.8) is 0 Å². The zero-order chi connectivity index (χ0) is 10.8. The molecule has 1 aliphatic carbocycles. The van der Waals surface area contributed by atoms with E-state index in [9.17, 15) is 0 Å². The minimum atomic E-state index is 0.267. The van der Waals surface area contributed by atoms with Gasteiger partial charge in [0.2, 0.25) is 0 Å². The van der Waals surface area contributed by atoms with Crippen LogP contribution in [-0.2, 0) is 12.1 Å². The fraction of sp³-hybridized carbons (Fsp3) is 0.286. The van der Waals surface area contributed by atoms with E-state index in [1.807, 2.05) is 0 Å². The van der Waals surface area contributed by atoms with Crippen molar-refractivity contribution >= 4 is 11.3 Å². The first-order valence-electron chi connectivity index (χ1n) is 5.71. The van der Waals surface area contributed by atoms with E-state index in [0.717, 1.165) is 6.54 Å². The van der Waals surface area contributed by atoms with Crippen molar-refractivity contribution in [2.75, 3.05) is 0 Å². The summed E-state index contributed by atoms with van der Waals surface area (Å²) < 4.78 is 0. The second kappa shape index (κ2) is 4.04. The summed E-state index contributed by atoms with van der Waals surface area (Å²) in [4.78, 5) is 0. The van der Waals surface area contributed by atoms with E-state index in [1.54, 1.807) is 11.3 Å². The van der Waals surface area contributed by atoms with Crippen LogP contribution in [0.5, 0.6) is 0 Å². The van der Waals surface area contributed by atoms with Crippen LogP contribution in [-0.4, -0.2) is 0 Å². The fourth-order valence-electron chi connectivity index (χ4n) is 2.11. The zero-order valence-corrected chi connectivity index (χ0v) is 9.96. The van der Waals surface area contributed by atoms with Crippen molar-refractivity contribution in [3.05, 3.63) is 58.3 Å². The normalized spacial score (nSPS) is 17.2. The Hall–Kier alpha value is -1.12. The van der Waals surface area contributed by atoms with Gasteiger partial charge >= 0.3 is 0 Å². The van der Waals surface area contributed by atoms with Gasteiger partial charge in [-0.25, -0.2) is 0 Å². The molecule has 0 radical (unpaired) electrons. The van der Waals surface area contributed by atoms with Gasteiger partial charge in [0.05, 0.1) is 0 Å². The van der Waals surface area contributed by atoms with Crippen molar-refractivity contribution in [2.24, 2.45) is 0 Å². The molecule has 1 N–H and O–H groups in total. The van der Waals surface area contributed by atoms with Gasteiger partial charge in [-0.1, -0.05) is 30.3 Å². The van der Waals surface area contributed by atoms with E-state index >= 15 is 0 Å². The van der Waals surface area contributed by atoms with Crippen molar-refractivity contribution in [2.45, 2.75) is 24.9 Å². The molecule has 0 unspecified atom stereocenters. The average Bonchev–Trinajstić information content (AvgIpc) is 2.96. The largest absolute Gasteiger partial charge is 0.303 e. The van der Waals surface area contributed by atoms with Crippen molar-refractivity contribution in [1.29, 1.82) is 0 Å². The third-order valence-corrected chi connectivity index (χ3v) is 4.02. The maximum atomic E-state index is 3.70. The molecule has 2 aromatic rings. The highest BCUT2D eigenvalue weighted by Gasteiger charge is 2.43. The Bertz CT molecular complexity index is 443. The van der Waals surface area contributed by atoms with Crippen molar-refractivity contribution in [1.82, 2.24) is 5.32 Å². The first-order valence-corrected chi connectivity index (χ1v) is 6.65. The predicted molar refractivity (Wildman–Crippen MR) is 68.5 cm³/mol. The van der Waals surface area contributed by atoms with Crippen LogP contribution in [0.2, 0.25) is 0 Å². The molecular weight excluding hydrogens is 214 g/mol. The second-order valence-electron chi connectivity index (χ2n) is 4.43. The van der Waals surface area contributed by atoms with E-state index in [0.29, 0.717) is 0 Å². The Balaban J connectivity index is 1.71. The lowest BCUT2D eigenvalue weighted by molar-refractivity contribution is 0.519. The van der Waals surface area contributed by atoms with E-state index in [4.69, 9.17) is 0 Å². The van der Waals surface area contributed by atoms with Crippen LogP contribution in [0.3, 0.4) is 0 Å². The minimum absolute atomic E-state index is 0.267. The maximum Gasteiger partial charge on any atom is 0.0438 e. The number of hydrogen-bond donors (Lipinski definition) is 1. The van der Waals surface area contributed by atoms with E-state index < -0.39 is 0 Å². The summed E-state index contributed by atoms with van der Waals surface area (Å²) in [7, 11) is 0. The minimum Gasteiger partial charge on any atom is -0.303 e. The third-order valence-electron chi connectivity index (χ3n) is 3.29. The first kappa shape index (κ1) is 10.1. The number of rotatable bonds is 4. The van der Waals surface area contributed by atoms with E-state index in [1.165, 1.54) is 24.0 Å². The molecule has 1 aliphatic rings. The summed E-state index contributed by atoms with van der Waals surface area (Å²) in [6.45, 7) is 0.985. The average molecular weight is 229 g/mol.